The average Bonchev–Trinajstić information content (AvgIpc) is 2.27. The lowest BCUT2D eigenvalue weighted by Gasteiger charge is -2.16. The molecule has 0 atom stereocenters. The van der Waals surface area contributed by atoms with Crippen LogP contribution in [0.15, 0.2) is 23.1 Å². The highest BCUT2D eigenvalue weighted by molar-refractivity contribution is 7.89. The summed E-state index contributed by atoms with van der Waals surface area (Å²) in [5.74, 6) is 0. The highest BCUT2D eigenvalue weighted by atomic mass is 35.5. The summed E-state index contributed by atoms with van der Waals surface area (Å²) in [7, 11) is -2.05. The number of benzene rings is 1. The van der Waals surface area contributed by atoms with Gasteiger partial charge >= 0.3 is 0 Å². The van der Waals surface area contributed by atoms with Gasteiger partial charge in [-0.3, -0.25) is 0 Å². The molecule has 7 heteroatoms. The van der Waals surface area contributed by atoms with Crippen molar-refractivity contribution < 1.29 is 8.42 Å². The van der Waals surface area contributed by atoms with Crippen LogP contribution in [-0.2, 0) is 10.0 Å². The first-order chi connectivity index (χ1) is 7.80. The largest absolute Gasteiger partial charge is 0.389 e. The van der Waals surface area contributed by atoms with Gasteiger partial charge in [-0.25, -0.2) is 12.7 Å². The third-order valence-corrected chi connectivity index (χ3v) is 5.00. The van der Waals surface area contributed by atoms with Crippen LogP contribution in [0, 0.1) is 0 Å². The van der Waals surface area contributed by atoms with E-state index < -0.39 is 10.0 Å². The molecule has 1 rings (SSSR count). The maximum absolute atomic E-state index is 12.0. The molecule has 4 nitrogen and oxygen atoms in total. The van der Waals surface area contributed by atoms with Crippen LogP contribution < -0.4 is 5.73 Å². The molecule has 0 aliphatic carbocycles. The van der Waals surface area contributed by atoms with Gasteiger partial charge in [-0.15, -0.1) is 0 Å². The third-order valence-electron chi connectivity index (χ3n) is 2.35. The maximum Gasteiger partial charge on any atom is 0.244 e. The molecule has 0 bridgehead atoms. The van der Waals surface area contributed by atoms with E-state index in [0.29, 0.717) is 12.1 Å². The molecule has 0 aliphatic heterocycles. The van der Waals surface area contributed by atoms with Gasteiger partial charge < -0.3 is 5.73 Å². The monoisotopic (exact) mass is 292 g/mol. The molecule has 17 heavy (non-hydrogen) atoms. The first kappa shape index (κ1) is 14.4. The van der Waals surface area contributed by atoms with E-state index in [9.17, 15) is 8.42 Å². The van der Waals surface area contributed by atoms with Gasteiger partial charge in [0.1, 0.15) is 9.88 Å². The van der Waals surface area contributed by atoms with E-state index in [1.807, 2.05) is 0 Å². The van der Waals surface area contributed by atoms with E-state index in [-0.39, 0.29) is 14.9 Å². The zero-order chi connectivity index (χ0) is 13.2. The first-order valence-corrected chi connectivity index (χ1v) is 7.09. The number of nitrogens with two attached hydrogens (primary N) is 1. The number of nitrogens with zero attached hydrogens (tertiary/aromatic N) is 1. The molecule has 0 radical (unpaired) electrons. The van der Waals surface area contributed by atoms with Gasteiger partial charge in [0, 0.05) is 19.2 Å². The smallest absolute Gasteiger partial charge is 0.244 e. The Kier molecular flexibility index (Phi) is 4.48. The minimum Gasteiger partial charge on any atom is -0.389 e. The number of thiocarbonyl (C=S) groups is 1. The van der Waals surface area contributed by atoms with Crippen molar-refractivity contribution in [3.63, 3.8) is 0 Å². The molecule has 0 amide bonds. The molecule has 0 heterocycles. The molecule has 94 valence electrons. The predicted molar refractivity (Wildman–Crippen MR) is 72.8 cm³/mol. The van der Waals surface area contributed by atoms with Crippen LogP contribution in [0.2, 0.25) is 5.02 Å². The van der Waals surface area contributed by atoms with E-state index in [1.54, 1.807) is 13.0 Å². The number of sulfonamides is 1. The van der Waals surface area contributed by atoms with Crippen molar-refractivity contribution in [1.82, 2.24) is 4.31 Å². The zero-order valence-electron chi connectivity index (χ0n) is 9.47. The summed E-state index contributed by atoms with van der Waals surface area (Å²) < 4.78 is 25.3. The maximum atomic E-state index is 12.0. The zero-order valence-corrected chi connectivity index (χ0v) is 11.9. The van der Waals surface area contributed by atoms with Gasteiger partial charge in [0.15, 0.2) is 0 Å². The van der Waals surface area contributed by atoms with E-state index in [0.717, 1.165) is 0 Å². The second-order valence-corrected chi connectivity index (χ2v) is 6.29. The van der Waals surface area contributed by atoms with Crippen molar-refractivity contribution in [2.45, 2.75) is 11.8 Å². The molecule has 0 unspecified atom stereocenters. The third kappa shape index (κ3) is 2.95. The fourth-order valence-corrected chi connectivity index (χ4v) is 3.02. The SMILES string of the molecule is CCN(C)S(=O)(=O)c1ccc(C(N)=S)cc1Cl. The summed E-state index contributed by atoms with van der Waals surface area (Å²) in [6, 6.07) is 4.42. The van der Waals surface area contributed by atoms with Gasteiger partial charge in [-0.1, -0.05) is 36.8 Å². The molecule has 0 spiro atoms. The summed E-state index contributed by atoms with van der Waals surface area (Å²) in [5.41, 5.74) is 5.99. The van der Waals surface area contributed by atoms with Crippen molar-refractivity contribution in [2.24, 2.45) is 5.73 Å². The Morgan fingerprint density at radius 1 is 1.53 bits per heavy atom. The van der Waals surface area contributed by atoms with Gasteiger partial charge in [-0.2, -0.15) is 0 Å². The van der Waals surface area contributed by atoms with E-state index in [4.69, 9.17) is 29.6 Å². The van der Waals surface area contributed by atoms with Crippen molar-refractivity contribution >= 4 is 38.8 Å². The lowest BCUT2D eigenvalue weighted by molar-refractivity contribution is 0.486. The van der Waals surface area contributed by atoms with Crippen molar-refractivity contribution in [1.29, 1.82) is 0 Å². The van der Waals surface area contributed by atoms with Gasteiger partial charge in [0.05, 0.1) is 5.02 Å². The predicted octanol–water partition coefficient (Wildman–Crippen LogP) is 1.61. The van der Waals surface area contributed by atoms with Crippen LogP contribution >= 0.6 is 23.8 Å². The summed E-state index contributed by atoms with van der Waals surface area (Å²) in [6.07, 6.45) is 0. The van der Waals surface area contributed by atoms with Crippen LogP contribution in [0.1, 0.15) is 12.5 Å². The summed E-state index contributed by atoms with van der Waals surface area (Å²) in [5, 5.41) is 0.121. The van der Waals surface area contributed by atoms with E-state index in [2.05, 4.69) is 0 Å². The number of rotatable bonds is 4. The molecule has 0 saturated carbocycles. The van der Waals surface area contributed by atoms with Crippen molar-refractivity contribution in [3.8, 4) is 0 Å². The molecule has 1 aromatic carbocycles. The molecular weight excluding hydrogens is 280 g/mol. The fourth-order valence-electron chi connectivity index (χ4n) is 1.20. The Labute approximate surface area is 111 Å². The van der Waals surface area contributed by atoms with Crippen molar-refractivity contribution in [2.75, 3.05) is 13.6 Å². The Hall–Kier alpha value is -0.690. The Morgan fingerprint density at radius 2 is 2.12 bits per heavy atom. The molecule has 0 aromatic heterocycles. The Bertz CT molecular complexity index is 543. The lowest BCUT2D eigenvalue weighted by atomic mass is 10.2. The van der Waals surface area contributed by atoms with E-state index in [1.165, 1.54) is 23.5 Å². The van der Waals surface area contributed by atoms with Gasteiger partial charge in [0.2, 0.25) is 10.0 Å². The Morgan fingerprint density at radius 3 is 2.53 bits per heavy atom. The second-order valence-electron chi connectivity index (χ2n) is 3.43. The summed E-state index contributed by atoms with van der Waals surface area (Å²) in [4.78, 5) is 0.239. The quantitative estimate of drug-likeness (QED) is 0.857. The van der Waals surface area contributed by atoms with Crippen LogP contribution in [-0.4, -0.2) is 31.3 Å². The average molecular weight is 293 g/mol. The molecule has 2 N–H and O–H groups in total. The highest BCUT2D eigenvalue weighted by Gasteiger charge is 2.22. The minimum absolute atomic E-state index is 0.0588. The van der Waals surface area contributed by atoms with Crippen LogP contribution in [0.5, 0.6) is 0 Å². The summed E-state index contributed by atoms with van der Waals surface area (Å²) in [6.45, 7) is 2.12. The van der Waals surface area contributed by atoms with E-state index >= 15 is 0 Å². The van der Waals surface area contributed by atoms with Crippen LogP contribution in [0.4, 0.5) is 0 Å². The normalized spacial score (nSPS) is 11.8. The topological polar surface area (TPSA) is 63.4 Å². The first-order valence-electron chi connectivity index (χ1n) is 4.86. The molecule has 0 fully saturated rings. The Balaban J connectivity index is 3.31. The van der Waals surface area contributed by atoms with Crippen molar-refractivity contribution in [3.05, 3.63) is 28.8 Å². The molecular formula is C10H13ClN2O2S2. The molecule has 0 saturated heterocycles. The fraction of sp³-hybridized carbons (Fsp3) is 0.300. The number of hydrogen-bond acceptors (Lipinski definition) is 3. The second kappa shape index (κ2) is 5.30. The number of hydrogen-bond donors (Lipinski definition) is 1. The lowest BCUT2D eigenvalue weighted by Crippen LogP contribution is -2.26. The van der Waals surface area contributed by atoms with Gasteiger partial charge in [0.25, 0.3) is 0 Å². The molecule has 0 aliphatic rings. The summed E-state index contributed by atoms with van der Waals surface area (Å²) >= 11 is 10.7. The number of halogens is 1. The minimum atomic E-state index is -3.54. The molecule has 1 aromatic rings. The van der Waals surface area contributed by atoms with Crippen LogP contribution in [0.3, 0.4) is 0 Å². The van der Waals surface area contributed by atoms with Crippen LogP contribution in [0.25, 0.3) is 0 Å². The van der Waals surface area contributed by atoms with Gasteiger partial charge in [-0.05, 0) is 12.1 Å². The standard InChI is InChI=1S/C10H13ClN2O2S2/c1-3-13(2)17(14,15)9-5-4-7(10(12)16)6-8(9)11/h4-6H,3H2,1-2H3,(H2,12,16). The highest BCUT2D eigenvalue weighted by Crippen LogP contribution is 2.25.